The van der Waals surface area contributed by atoms with Crippen LogP contribution in [-0.2, 0) is 0 Å². The number of benzene rings is 1. The third-order valence-electron chi connectivity index (χ3n) is 1.32. The van der Waals surface area contributed by atoms with Crippen LogP contribution in [0, 0.1) is 3.57 Å². The average Bonchev–Trinajstić information content (AvgIpc) is 2.06. The molecule has 0 atom stereocenters. The molecule has 0 radical (unpaired) electrons. The van der Waals surface area contributed by atoms with Crippen molar-refractivity contribution in [3.05, 3.63) is 21.8 Å². The van der Waals surface area contributed by atoms with E-state index in [4.69, 9.17) is 5.84 Å². The van der Waals surface area contributed by atoms with Gasteiger partial charge >= 0.3 is 5.51 Å². The van der Waals surface area contributed by atoms with E-state index in [0.717, 1.165) is 0 Å². The Labute approximate surface area is 96.5 Å². The standard InChI is InChI=1S/C7H6F3IN2S/c8-7(9,10)14-6-3-4(13-12)1-2-5(6)11/h1-3,13H,12H2. The minimum atomic E-state index is -4.27. The Morgan fingerprint density at radius 3 is 2.50 bits per heavy atom. The molecule has 2 nitrogen and oxygen atoms in total. The fourth-order valence-corrected chi connectivity index (χ4v) is 2.06. The Morgan fingerprint density at radius 1 is 1.36 bits per heavy atom. The first-order valence-corrected chi connectivity index (χ1v) is 5.34. The maximum Gasteiger partial charge on any atom is 0.446 e. The van der Waals surface area contributed by atoms with Crippen LogP contribution >= 0.6 is 34.4 Å². The Kier molecular flexibility index (Phi) is 3.90. The van der Waals surface area contributed by atoms with Crippen molar-refractivity contribution in [1.29, 1.82) is 0 Å². The molecule has 0 aromatic heterocycles. The number of anilines is 1. The number of thioether (sulfide) groups is 1. The van der Waals surface area contributed by atoms with Crippen LogP contribution < -0.4 is 11.3 Å². The zero-order chi connectivity index (χ0) is 10.8. The lowest BCUT2D eigenvalue weighted by atomic mass is 10.3. The molecule has 0 heterocycles. The van der Waals surface area contributed by atoms with Crippen molar-refractivity contribution in [2.75, 3.05) is 5.43 Å². The molecule has 78 valence electrons. The zero-order valence-corrected chi connectivity index (χ0v) is 9.70. The Bertz CT molecular complexity index is 329. The smallest absolute Gasteiger partial charge is 0.324 e. The maximum atomic E-state index is 12.1. The van der Waals surface area contributed by atoms with E-state index >= 15 is 0 Å². The number of rotatable bonds is 2. The van der Waals surface area contributed by atoms with E-state index in [1.165, 1.54) is 6.07 Å². The highest BCUT2D eigenvalue weighted by Crippen LogP contribution is 2.39. The molecular formula is C7H6F3IN2S. The van der Waals surface area contributed by atoms with Crippen molar-refractivity contribution in [3.8, 4) is 0 Å². The average molecular weight is 334 g/mol. The van der Waals surface area contributed by atoms with Crippen molar-refractivity contribution in [2.45, 2.75) is 10.4 Å². The van der Waals surface area contributed by atoms with Crippen LogP contribution in [0.4, 0.5) is 18.9 Å². The van der Waals surface area contributed by atoms with Crippen LogP contribution in [0.2, 0.25) is 0 Å². The van der Waals surface area contributed by atoms with Gasteiger partial charge in [-0.1, -0.05) is 0 Å². The van der Waals surface area contributed by atoms with Gasteiger partial charge in [0, 0.05) is 14.2 Å². The van der Waals surface area contributed by atoms with Crippen LogP contribution in [0.3, 0.4) is 0 Å². The number of nitrogens with one attached hydrogen (secondary N) is 1. The largest absolute Gasteiger partial charge is 0.446 e. The summed E-state index contributed by atoms with van der Waals surface area (Å²) >= 11 is 1.70. The van der Waals surface area contributed by atoms with Crippen LogP contribution in [0.5, 0.6) is 0 Å². The van der Waals surface area contributed by atoms with E-state index in [0.29, 0.717) is 9.26 Å². The topological polar surface area (TPSA) is 38.0 Å². The molecule has 0 unspecified atom stereocenters. The molecule has 14 heavy (non-hydrogen) atoms. The third kappa shape index (κ3) is 3.54. The molecule has 1 aromatic rings. The minimum absolute atomic E-state index is 0.146. The maximum absolute atomic E-state index is 12.1. The van der Waals surface area contributed by atoms with E-state index in [1.54, 1.807) is 12.1 Å². The van der Waals surface area contributed by atoms with Crippen molar-refractivity contribution in [2.24, 2.45) is 5.84 Å². The van der Waals surface area contributed by atoms with Gasteiger partial charge < -0.3 is 5.43 Å². The van der Waals surface area contributed by atoms with Crippen LogP contribution in [-0.4, -0.2) is 5.51 Å². The molecule has 0 amide bonds. The van der Waals surface area contributed by atoms with Crippen LogP contribution in [0.1, 0.15) is 0 Å². The summed E-state index contributed by atoms with van der Waals surface area (Å²) in [5.74, 6) is 5.09. The van der Waals surface area contributed by atoms with E-state index in [2.05, 4.69) is 5.43 Å². The number of alkyl halides is 3. The van der Waals surface area contributed by atoms with Gasteiger partial charge in [0.15, 0.2) is 0 Å². The van der Waals surface area contributed by atoms with E-state index in [9.17, 15) is 13.2 Å². The molecule has 1 aromatic carbocycles. The van der Waals surface area contributed by atoms with Gasteiger partial charge in [-0.25, -0.2) is 0 Å². The SMILES string of the molecule is NNc1ccc(I)c(SC(F)(F)F)c1. The molecule has 0 aliphatic carbocycles. The first-order valence-electron chi connectivity index (χ1n) is 3.44. The molecule has 0 fully saturated rings. The van der Waals surface area contributed by atoms with Gasteiger partial charge in [0.25, 0.3) is 0 Å². The summed E-state index contributed by atoms with van der Waals surface area (Å²) in [7, 11) is 0. The van der Waals surface area contributed by atoms with Gasteiger partial charge in [0.1, 0.15) is 0 Å². The normalized spacial score (nSPS) is 11.5. The second-order valence-corrected chi connectivity index (χ2v) is 4.61. The zero-order valence-electron chi connectivity index (χ0n) is 6.73. The predicted molar refractivity (Wildman–Crippen MR) is 58.9 cm³/mol. The number of halogens is 4. The summed E-state index contributed by atoms with van der Waals surface area (Å²) < 4.78 is 36.7. The molecular weight excluding hydrogens is 328 g/mol. The molecule has 1 rings (SSSR count). The molecule has 7 heteroatoms. The molecule has 0 aliphatic rings. The number of hydrogen-bond acceptors (Lipinski definition) is 3. The van der Waals surface area contributed by atoms with E-state index in [-0.39, 0.29) is 16.7 Å². The highest BCUT2D eigenvalue weighted by Gasteiger charge is 2.30. The first-order chi connectivity index (χ1) is 6.42. The summed E-state index contributed by atoms with van der Waals surface area (Å²) in [6, 6.07) is 4.55. The first kappa shape index (κ1) is 11.9. The van der Waals surface area contributed by atoms with E-state index < -0.39 is 5.51 Å². The van der Waals surface area contributed by atoms with Crippen molar-refractivity contribution in [1.82, 2.24) is 0 Å². The summed E-state index contributed by atoms with van der Waals surface area (Å²) in [4.78, 5) is 0.147. The van der Waals surface area contributed by atoms with E-state index in [1.807, 2.05) is 22.6 Å². The van der Waals surface area contributed by atoms with Crippen molar-refractivity contribution < 1.29 is 13.2 Å². The fraction of sp³-hybridized carbons (Fsp3) is 0.143. The summed E-state index contributed by atoms with van der Waals surface area (Å²) in [6.45, 7) is 0. The van der Waals surface area contributed by atoms with Gasteiger partial charge in [-0.3, -0.25) is 5.84 Å². The van der Waals surface area contributed by atoms with Gasteiger partial charge in [0.2, 0.25) is 0 Å². The van der Waals surface area contributed by atoms with Crippen LogP contribution in [0.15, 0.2) is 23.1 Å². The van der Waals surface area contributed by atoms with Gasteiger partial charge in [-0.2, -0.15) is 13.2 Å². The van der Waals surface area contributed by atoms with Gasteiger partial charge in [0.05, 0.1) is 0 Å². The molecule has 0 spiro atoms. The van der Waals surface area contributed by atoms with Crippen LogP contribution in [0.25, 0.3) is 0 Å². The summed E-state index contributed by atoms with van der Waals surface area (Å²) in [5.41, 5.74) is -1.52. The Balaban J connectivity index is 2.95. The Hall–Kier alpha value is -0.150. The highest BCUT2D eigenvalue weighted by atomic mass is 127. The fourth-order valence-electron chi connectivity index (χ4n) is 0.796. The number of hydrogen-bond donors (Lipinski definition) is 2. The molecule has 0 saturated heterocycles. The summed E-state index contributed by atoms with van der Waals surface area (Å²) in [5, 5.41) is 0. The molecule has 0 aliphatic heterocycles. The second-order valence-electron chi connectivity index (χ2n) is 2.34. The number of hydrazine groups is 1. The predicted octanol–water partition coefficient (Wildman–Crippen LogP) is 3.19. The quantitative estimate of drug-likeness (QED) is 0.378. The number of nitrogens with two attached hydrogens (primary N) is 1. The Morgan fingerprint density at radius 2 is 2.00 bits per heavy atom. The third-order valence-corrected chi connectivity index (χ3v) is 3.42. The molecule has 0 bridgehead atoms. The summed E-state index contributed by atoms with van der Waals surface area (Å²) in [6.07, 6.45) is 0. The monoisotopic (exact) mass is 334 g/mol. The molecule has 0 saturated carbocycles. The lowest BCUT2D eigenvalue weighted by Gasteiger charge is -2.09. The van der Waals surface area contributed by atoms with Gasteiger partial charge in [-0.05, 0) is 52.6 Å². The van der Waals surface area contributed by atoms with Crippen molar-refractivity contribution in [3.63, 3.8) is 0 Å². The number of nitrogen functional groups attached to an aromatic ring is 1. The van der Waals surface area contributed by atoms with Crippen molar-refractivity contribution >= 4 is 40.0 Å². The molecule has 3 N–H and O–H groups in total. The lowest BCUT2D eigenvalue weighted by molar-refractivity contribution is -0.0328. The highest BCUT2D eigenvalue weighted by molar-refractivity contribution is 14.1. The second kappa shape index (κ2) is 4.58. The van der Waals surface area contributed by atoms with Gasteiger partial charge in [-0.15, -0.1) is 0 Å². The lowest BCUT2D eigenvalue weighted by Crippen LogP contribution is -2.07. The minimum Gasteiger partial charge on any atom is -0.324 e.